The normalized spacial score (nSPS) is 12.5. The number of nitrogens with one attached hydrogen (secondary N) is 1. The van der Waals surface area contributed by atoms with Crippen molar-refractivity contribution in [2.24, 2.45) is 0 Å². The molecule has 0 aliphatic heterocycles. The second-order valence-electron chi connectivity index (χ2n) is 4.67. The van der Waals surface area contributed by atoms with E-state index in [-0.39, 0.29) is 0 Å². The summed E-state index contributed by atoms with van der Waals surface area (Å²) in [6, 6.07) is 10.8. The van der Waals surface area contributed by atoms with E-state index in [1.54, 1.807) is 11.3 Å². The Morgan fingerprint density at radius 3 is 2.80 bits per heavy atom. The molecule has 0 saturated carbocycles. The molecule has 1 N–H and O–H groups in total. The van der Waals surface area contributed by atoms with Gasteiger partial charge in [0.25, 0.3) is 0 Å². The molecule has 20 heavy (non-hydrogen) atoms. The molecule has 108 valence electrons. The van der Waals surface area contributed by atoms with Crippen molar-refractivity contribution < 1.29 is 4.74 Å². The Bertz CT molecular complexity index is 498. The number of likely N-dealkylation sites (N-methyl/N-ethyl adjacent to an activating group) is 1. The van der Waals surface area contributed by atoms with Crippen molar-refractivity contribution in [2.75, 3.05) is 20.3 Å². The lowest BCUT2D eigenvalue weighted by Gasteiger charge is -2.14. The van der Waals surface area contributed by atoms with Gasteiger partial charge in [0.15, 0.2) is 0 Å². The van der Waals surface area contributed by atoms with Gasteiger partial charge in [-0.3, -0.25) is 0 Å². The minimum Gasteiger partial charge on any atom is -0.382 e. The van der Waals surface area contributed by atoms with Crippen LogP contribution in [-0.2, 0) is 11.2 Å². The molecule has 0 bridgehead atoms. The SMILES string of the molecule is CCOCCC(Cc1nc(-c2ccccc2)cs1)NC. The number of hydrogen-bond acceptors (Lipinski definition) is 4. The van der Waals surface area contributed by atoms with E-state index >= 15 is 0 Å². The average Bonchev–Trinajstić information content (AvgIpc) is 2.96. The quantitative estimate of drug-likeness (QED) is 0.757. The second kappa shape index (κ2) is 8.15. The Balaban J connectivity index is 1.94. The Labute approximate surface area is 125 Å². The highest BCUT2D eigenvalue weighted by Gasteiger charge is 2.11. The molecule has 1 heterocycles. The molecule has 0 saturated heterocycles. The first kappa shape index (κ1) is 15.2. The molecule has 0 spiro atoms. The van der Waals surface area contributed by atoms with Crippen molar-refractivity contribution in [3.05, 3.63) is 40.7 Å². The smallest absolute Gasteiger partial charge is 0.0948 e. The highest BCUT2D eigenvalue weighted by molar-refractivity contribution is 7.09. The molecule has 2 aromatic rings. The molecule has 2 rings (SSSR count). The minimum absolute atomic E-state index is 0.427. The van der Waals surface area contributed by atoms with E-state index in [2.05, 4.69) is 22.8 Å². The molecule has 3 nitrogen and oxygen atoms in total. The molecule has 0 aliphatic carbocycles. The highest BCUT2D eigenvalue weighted by atomic mass is 32.1. The number of ether oxygens (including phenoxy) is 1. The molecular weight excluding hydrogens is 268 g/mol. The Kier molecular flexibility index (Phi) is 6.18. The van der Waals surface area contributed by atoms with Crippen molar-refractivity contribution >= 4 is 11.3 Å². The summed E-state index contributed by atoms with van der Waals surface area (Å²) < 4.78 is 5.42. The van der Waals surface area contributed by atoms with Crippen LogP contribution in [0.4, 0.5) is 0 Å². The summed E-state index contributed by atoms with van der Waals surface area (Å²) in [7, 11) is 2.00. The first-order valence-corrected chi connectivity index (χ1v) is 7.96. The number of rotatable bonds is 8. The highest BCUT2D eigenvalue weighted by Crippen LogP contribution is 2.22. The van der Waals surface area contributed by atoms with Crippen molar-refractivity contribution in [1.82, 2.24) is 10.3 Å². The molecule has 4 heteroatoms. The average molecular weight is 290 g/mol. The van der Waals surface area contributed by atoms with Gasteiger partial charge in [0.1, 0.15) is 0 Å². The van der Waals surface area contributed by atoms with E-state index < -0.39 is 0 Å². The lowest BCUT2D eigenvalue weighted by atomic mass is 10.1. The summed E-state index contributed by atoms with van der Waals surface area (Å²) in [6.45, 7) is 3.62. The van der Waals surface area contributed by atoms with Crippen LogP contribution in [0, 0.1) is 0 Å². The largest absolute Gasteiger partial charge is 0.382 e. The van der Waals surface area contributed by atoms with E-state index in [0.717, 1.165) is 31.7 Å². The zero-order valence-electron chi connectivity index (χ0n) is 12.1. The third-order valence-corrected chi connectivity index (χ3v) is 4.14. The maximum atomic E-state index is 5.42. The maximum absolute atomic E-state index is 5.42. The molecular formula is C16H22N2OS. The maximum Gasteiger partial charge on any atom is 0.0948 e. The molecule has 1 aromatic heterocycles. The van der Waals surface area contributed by atoms with E-state index in [1.807, 2.05) is 32.2 Å². The molecule has 1 atom stereocenters. The van der Waals surface area contributed by atoms with E-state index in [1.165, 1.54) is 10.6 Å². The van der Waals surface area contributed by atoms with Crippen LogP contribution in [0.15, 0.2) is 35.7 Å². The summed E-state index contributed by atoms with van der Waals surface area (Å²) in [5.74, 6) is 0. The van der Waals surface area contributed by atoms with Gasteiger partial charge in [0.05, 0.1) is 10.7 Å². The van der Waals surface area contributed by atoms with E-state index in [4.69, 9.17) is 9.72 Å². The standard InChI is InChI=1S/C16H22N2OS/c1-3-19-10-9-14(17-2)11-16-18-15(12-20-16)13-7-5-4-6-8-13/h4-8,12,14,17H,3,9-11H2,1-2H3. The van der Waals surface area contributed by atoms with Crippen LogP contribution in [-0.4, -0.2) is 31.3 Å². The fraction of sp³-hybridized carbons (Fsp3) is 0.438. The first-order valence-electron chi connectivity index (χ1n) is 7.08. The fourth-order valence-electron chi connectivity index (χ4n) is 2.08. The molecule has 0 aliphatic rings. The summed E-state index contributed by atoms with van der Waals surface area (Å²) in [6.07, 6.45) is 1.98. The van der Waals surface area contributed by atoms with Crippen molar-refractivity contribution in [3.63, 3.8) is 0 Å². The monoisotopic (exact) mass is 290 g/mol. The van der Waals surface area contributed by atoms with E-state index in [9.17, 15) is 0 Å². The number of nitrogens with zero attached hydrogens (tertiary/aromatic N) is 1. The van der Waals surface area contributed by atoms with Gasteiger partial charge in [-0.25, -0.2) is 4.98 Å². The van der Waals surface area contributed by atoms with Crippen LogP contribution in [0.2, 0.25) is 0 Å². The summed E-state index contributed by atoms with van der Waals surface area (Å²) in [5.41, 5.74) is 2.26. The number of hydrogen-bond donors (Lipinski definition) is 1. The topological polar surface area (TPSA) is 34.1 Å². The van der Waals surface area contributed by atoms with Crippen molar-refractivity contribution in [3.8, 4) is 11.3 Å². The predicted molar refractivity (Wildman–Crippen MR) is 85.2 cm³/mol. The van der Waals surface area contributed by atoms with Crippen LogP contribution in [0.5, 0.6) is 0 Å². The Hall–Kier alpha value is -1.23. The fourth-order valence-corrected chi connectivity index (χ4v) is 2.96. The Morgan fingerprint density at radius 2 is 2.10 bits per heavy atom. The van der Waals surface area contributed by atoms with E-state index in [0.29, 0.717) is 6.04 Å². The molecule has 0 radical (unpaired) electrons. The van der Waals surface area contributed by atoms with Gasteiger partial charge < -0.3 is 10.1 Å². The third-order valence-electron chi connectivity index (χ3n) is 3.27. The van der Waals surface area contributed by atoms with Crippen LogP contribution >= 0.6 is 11.3 Å². The van der Waals surface area contributed by atoms with Crippen LogP contribution in [0.1, 0.15) is 18.4 Å². The molecule has 1 unspecified atom stereocenters. The van der Waals surface area contributed by atoms with Gasteiger partial charge >= 0.3 is 0 Å². The van der Waals surface area contributed by atoms with Crippen LogP contribution in [0.3, 0.4) is 0 Å². The Morgan fingerprint density at radius 1 is 1.30 bits per heavy atom. The van der Waals surface area contributed by atoms with Crippen molar-refractivity contribution in [2.45, 2.75) is 25.8 Å². The van der Waals surface area contributed by atoms with Gasteiger partial charge in [-0.2, -0.15) is 0 Å². The van der Waals surface area contributed by atoms with Gasteiger partial charge in [0, 0.05) is 36.6 Å². The zero-order chi connectivity index (χ0) is 14.2. The number of benzene rings is 1. The first-order chi connectivity index (χ1) is 9.83. The molecule has 0 fully saturated rings. The van der Waals surface area contributed by atoms with Gasteiger partial charge in [-0.15, -0.1) is 11.3 Å². The number of aromatic nitrogens is 1. The lowest BCUT2D eigenvalue weighted by Crippen LogP contribution is -2.29. The summed E-state index contributed by atoms with van der Waals surface area (Å²) in [4.78, 5) is 4.73. The molecule has 1 aromatic carbocycles. The lowest BCUT2D eigenvalue weighted by molar-refractivity contribution is 0.137. The summed E-state index contributed by atoms with van der Waals surface area (Å²) in [5, 5.41) is 6.66. The zero-order valence-corrected chi connectivity index (χ0v) is 13.0. The third kappa shape index (κ3) is 4.40. The minimum atomic E-state index is 0.427. The second-order valence-corrected chi connectivity index (χ2v) is 5.61. The van der Waals surface area contributed by atoms with Gasteiger partial charge in [-0.05, 0) is 20.4 Å². The van der Waals surface area contributed by atoms with Crippen molar-refractivity contribution in [1.29, 1.82) is 0 Å². The van der Waals surface area contributed by atoms with Gasteiger partial charge in [-0.1, -0.05) is 30.3 Å². The van der Waals surface area contributed by atoms with Crippen LogP contribution < -0.4 is 5.32 Å². The van der Waals surface area contributed by atoms with Gasteiger partial charge in [0.2, 0.25) is 0 Å². The van der Waals surface area contributed by atoms with Crippen LogP contribution in [0.25, 0.3) is 11.3 Å². The summed E-state index contributed by atoms with van der Waals surface area (Å²) >= 11 is 1.74. The molecule has 0 amide bonds. The number of thiazole rings is 1. The predicted octanol–water partition coefficient (Wildman–Crippen LogP) is 3.37.